The Hall–Kier alpha value is -1.92. The van der Waals surface area contributed by atoms with Crippen molar-refractivity contribution < 1.29 is 4.74 Å². The molecule has 0 unspecified atom stereocenters. The predicted octanol–water partition coefficient (Wildman–Crippen LogP) is 3.73. The van der Waals surface area contributed by atoms with Gasteiger partial charge in [-0.1, -0.05) is 18.2 Å². The van der Waals surface area contributed by atoms with Crippen molar-refractivity contribution in [1.29, 1.82) is 5.26 Å². The lowest BCUT2D eigenvalue weighted by molar-refractivity contribution is 0.344. The minimum atomic E-state index is 0.675. The molecule has 2 aromatic carbocycles. The van der Waals surface area contributed by atoms with Gasteiger partial charge in [-0.05, 0) is 36.4 Å². The van der Waals surface area contributed by atoms with Crippen LogP contribution in [0.15, 0.2) is 59.5 Å². The predicted molar refractivity (Wildman–Crippen MR) is 73.8 cm³/mol. The monoisotopic (exact) mass is 255 g/mol. The maximum Gasteiger partial charge on any atom is 0.119 e. The SMILES string of the molecule is N#Cc1ccc(SCCOc2ccccc2)cc1. The van der Waals surface area contributed by atoms with Crippen molar-refractivity contribution in [2.75, 3.05) is 12.4 Å². The van der Waals surface area contributed by atoms with Gasteiger partial charge in [-0.2, -0.15) is 5.26 Å². The Kier molecular flexibility index (Phi) is 4.68. The highest BCUT2D eigenvalue weighted by Gasteiger charge is 1.96. The van der Waals surface area contributed by atoms with E-state index in [-0.39, 0.29) is 0 Å². The quantitative estimate of drug-likeness (QED) is 0.603. The normalized spacial score (nSPS) is 9.72. The number of para-hydroxylation sites is 1. The van der Waals surface area contributed by atoms with Gasteiger partial charge in [0.15, 0.2) is 0 Å². The Balaban J connectivity index is 1.74. The Morgan fingerprint density at radius 1 is 1.00 bits per heavy atom. The van der Waals surface area contributed by atoms with E-state index >= 15 is 0 Å². The van der Waals surface area contributed by atoms with Crippen LogP contribution < -0.4 is 4.74 Å². The van der Waals surface area contributed by atoms with Gasteiger partial charge in [-0.25, -0.2) is 0 Å². The van der Waals surface area contributed by atoms with Gasteiger partial charge in [-0.3, -0.25) is 0 Å². The van der Waals surface area contributed by atoms with Gasteiger partial charge in [0.05, 0.1) is 18.2 Å². The van der Waals surface area contributed by atoms with Crippen LogP contribution in [0, 0.1) is 11.3 Å². The van der Waals surface area contributed by atoms with Crippen molar-refractivity contribution in [2.24, 2.45) is 0 Å². The van der Waals surface area contributed by atoms with E-state index in [1.54, 1.807) is 11.8 Å². The van der Waals surface area contributed by atoms with Crippen LogP contribution in [0.4, 0.5) is 0 Å². The standard InChI is InChI=1S/C15H13NOS/c16-12-13-6-8-15(9-7-13)18-11-10-17-14-4-2-1-3-5-14/h1-9H,10-11H2. The molecule has 0 aromatic heterocycles. The van der Waals surface area contributed by atoms with Gasteiger partial charge >= 0.3 is 0 Å². The van der Waals surface area contributed by atoms with Crippen LogP contribution in [0.5, 0.6) is 5.75 Å². The summed E-state index contributed by atoms with van der Waals surface area (Å²) in [5.74, 6) is 1.79. The van der Waals surface area contributed by atoms with Crippen LogP contribution in [0.2, 0.25) is 0 Å². The average Bonchev–Trinajstić information content (AvgIpc) is 2.45. The van der Waals surface area contributed by atoms with Crippen LogP contribution in [-0.2, 0) is 0 Å². The third kappa shape index (κ3) is 3.83. The van der Waals surface area contributed by atoms with E-state index in [9.17, 15) is 0 Å². The fourth-order valence-corrected chi connectivity index (χ4v) is 2.19. The molecule has 2 aromatic rings. The lowest BCUT2D eigenvalue weighted by Crippen LogP contribution is -1.99. The number of ether oxygens (including phenoxy) is 1. The summed E-state index contributed by atoms with van der Waals surface area (Å²) in [6.45, 7) is 0.675. The molecular formula is C15H13NOS. The summed E-state index contributed by atoms with van der Waals surface area (Å²) in [5, 5.41) is 8.69. The average molecular weight is 255 g/mol. The summed E-state index contributed by atoms with van der Waals surface area (Å²) in [4.78, 5) is 1.16. The molecule has 90 valence electrons. The van der Waals surface area contributed by atoms with Crippen LogP contribution in [0.25, 0.3) is 0 Å². The zero-order valence-electron chi connectivity index (χ0n) is 9.87. The Morgan fingerprint density at radius 3 is 2.39 bits per heavy atom. The lowest BCUT2D eigenvalue weighted by Gasteiger charge is -2.05. The first-order chi connectivity index (χ1) is 8.88. The molecule has 0 saturated heterocycles. The highest BCUT2D eigenvalue weighted by molar-refractivity contribution is 7.99. The van der Waals surface area contributed by atoms with Crippen LogP contribution in [0.1, 0.15) is 5.56 Å². The number of rotatable bonds is 5. The van der Waals surface area contributed by atoms with Gasteiger partial charge in [0.1, 0.15) is 5.75 Å². The zero-order chi connectivity index (χ0) is 12.6. The molecule has 0 heterocycles. The molecule has 0 bridgehead atoms. The van der Waals surface area contributed by atoms with Crippen molar-refractivity contribution in [2.45, 2.75) is 4.90 Å². The molecule has 18 heavy (non-hydrogen) atoms. The molecule has 0 amide bonds. The molecule has 3 heteroatoms. The summed E-state index contributed by atoms with van der Waals surface area (Å²) in [7, 11) is 0. The van der Waals surface area contributed by atoms with Crippen LogP contribution in [-0.4, -0.2) is 12.4 Å². The summed E-state index contributed by atoms with van der Waals surface area (Å²) in [5.41, 5.74) is 0.694. The third-order valence-electron chi connectivity index (χ3n) is 2.35. The van der Waals surface area contributed by atoms with E-state index in [0.29, 0.717) is 12.2 Å². The van der Waals surface area contributed by atoms with E-state index in [1.165, 1.54) is 0 Å². The molecule has 0 aliphatic carbocycles. The molecule has 0 fully saturated rings. The van der Waals surface area contributed by atoms with Gasteiger partial charge in [0.2, 0.25) is 0 Å². The minimum absolute atomic E-state index is 0.675. The maximum absolute atomic E-state index is 8.69. The van der Waals surface area contributed by atoms with Gasteiger partial charge in [0.25, 0.3) is 0 Å². The maximum atomic E-state index is 8.69. The summed E-state index contributed by atoms with van der Waals surface area (Å²) < 4.78 is 5.60. The number of thioether (sulfide) groups is 1. The molecule has 0 spiro atoms. The zero-order valence-corrected chi connectivity index (χ0v) is 10.7. The molecule has 2 rings (SSSR count). The molecule has 0 saturated carbocycles. The largest absolute Gasteiger partial charge is 0.493 e. The minimum Gasteiger partial charge on any atom is -0.493 e. The second-order valence-corrected chi connectivity index (χ2v) is 4.81. The number of hydrogen-bond acceptors (Lipinski definition) is 3. The number of benzene rings is 2. The lowest BCUT2D eigenvalue weighted by atomic mass is 10.2. The van der Waals surface area contributed by atoms with E-state index < -0.39 is 0 Å². The first kappa shape index (κ1) is 12.5. The topological polar surface area (TPSA) is 33.0 Å². The highest BCUT2D eigenvalue weighted by Crippen LogP contribution is 2.18. The van der Waals surface area contributed by atoms with Crippen LogP contribution >= 0.6 is 11.8 Å². The fraction of sp³-hybridized carbons (Fsp3) is 0.133. The number of hydrogen-bond donors (Lipinski definition) is 0. The van der Waals surface area contributed by atoms with Crippen molar-refractivity contribution in [1.82, 2.24) is 0 Å². The molecule has 0 atom stereocenters. The van der Waals surface area contributed by atoms with Crippen molar-refractivity contribution >= 4 is 11.8 Å². The van der Waals surface area contributed by atoms with Gasteiger partial charge in [-0.15, -0.1) is 11.8 Å². The van der Waals surface area contributed by atoms with E-state index in [1.807, 2.05) is 54.6 Å². The first-order valence-corrected chi connectivity index (χ1v) is 6.68. The second-order valence-electron chi connectivity index (χ2n) is 3.65. The molecular weight excluding hydrogens is 242 g/mol. The first-order valence-electron chi connectivity index (χ1n) is 5.69. The summed E-state index contributed by atoms with van der Waals surface area (Å²) in [6, 6.07) is 19.5. The Labute approximate surface area is 111 Å². The highest BCUT2D eigenvalue weighted by atomic mass is 32.2. The van der Waals surface area contributed by atoms with Gasteiger partial charge in [0, 0.05) is 10.6 Å². The number of nitriles is 1. The van der Waals surface area contributed by atoms with Crippen LogP contribution in [0.3, 0.4) is 0 Å². The molecule has 2 nitrogen and oxygen atoms in total. The fourth-order valence-electron chi connectivity index (χ4n) is 1.46. The van der Waals surface area contributed by atoms with Crippen molar-refractivity contribution in [3.05, 3.63) is 60.2 Å². The van der Waals surface area contributed by atoms with Gasteiger partial charge < -0.3 is 4.74 Å². The Morgan fingerprint density at radius 2 is 1.72 bits per heavy atom. The molecule has 0 N–H and O–H groups in total. The van der Waals surface area contributed by atoms with Crippen molar-refractivity contribution in [3.63, 3.8) is 0 Å². The van der Waals surface area contributed by atoms with E-state index in [4.69, 9.17) is 10.00 Å². The molecule has 0 radical (unpaired) electrons. The van der Waals surface area contributed by atoms with E-state index in [2.05, 4.69) is 6.07 Å². The summed E-state index contributed by atoms with van der Waals surface area (Å²) in [6.07, 6.45) is 0. The van der Waals surface area contributed by atoms with E-state index in [0.717, 1.165) is 16.4 Å². The smallest absolute Gasteiger partial charge is 0.119 e. The molecule has 0 aliphatic rings. The Bertz CT molecular complexity index is 516. The third-order valence-corrected chi connectivity index (χ3v) is 3.32. The second kappa shape index (κ2) is 6.73. The summed E-state index contributed by atoms with van der Waals surface area (Å²) >= 11 is 1.72. The number of nitrogens with zero attached hydrogens (tertiary/aromatic N) is 1. The molecule has 0 aliphatic heterocycles. The van der Waals surface area contributed by atoms with Crippen molar-refractivity contribution in [3.8, 4) is 11.8 Å².